The third-order valence-electron chi connectivity index (χ3n) is 3.42. The van der Waals surface area contributed by atoms with Gasteiger partial charge in [0.2, 0.25) is 5.43 Å². The molecule has 0 bridgehead atoms. The van der Waals surface area contributed by atoms with Crippen molar-refractivity contribution in [3.8, 4) is 0 Å². The molecular weight excluding hydrogens is 280 g/mol. The number of aromatic nitrogens is 3. The lowest BCUT2D eigenvalue weighted by Gasteiger charge is -2.09. The molecule has 0 aliphatic carbocycles. The molecule has 0 saturated carbocycles. The van der Waals surface area contributed by atoms with Gasteiger partial charge in [-0.05, 0) is 30.7 Å². The van der Waals surface area contributed by atoms with Gasteiger partial charge in [0.15, 0.2) is 5.69 Å². The molecule has 1 N–H and O–H groups in total. The molecule has 2 aromatic heterocycles. The van der Waals surface area contributed by atoms with Gasteiger partial charge in [0.1, 0.15) is 5.82 Å². The van der Waals surface area contributed by atoms with Gasteiger partial charge in [-0.2, -0.15) is 5.10 Å². The number of nitrogens with zero attached hydrogens (tertiary/aromatic N) is 3. The van der Waals surface area contributed by atoms with Crippen LogP contribution in [0.3, 0.4) is 0 Å². The Balaban J connectivity index is 2.07. The van der Waals surface area contributed by atoms with Gasteiger partial charge in [-0.25, -0.2) is 4.98 Å². The Morgan fingerprint density at radius 1 is 1.18 bits per heavy atom. The Hall–Kier alpha value is -3.02. The van der Waals surface area contributed by atoms with E-state index in [2.05, 4.69) is 15.4 Å². The number of fused-ring (bicyclic) bond motifs is 1. The summed E-state index contributed by atoms with van der Waals surface area (Å²) in [5.74, 6) is -0.141. The zero-order chi connectivity index (χ0) is 15.7. The molecule has 0 unspecified atom stereocenters. The van der Waals surface area contributed by atoms with Gasteiger partial charge in [-0.1, -0.05) is 18.2 Å². The van der Waals surface area contributed by atoms with E-state index < -0.39 is 5.91 Å². The summed E-state index contributed by atoms with van der Waals surface area (Å²) in [6.45, 7) is 1.83. The first-order valence-electron chi connectivity index (χ1n) is 6.77. The largest absolute Gasteiger partial charge is 0.305 e. The Labute approximate surface area is 126 Å². The van der Waals surface area contributed by atoms with Crippen LogP contribution in [-0.4, -0.2) is 20.7 Å². The van der Waals surface area contributed by atoms with Crippen molar-refractivity contribution in [1.82, 2.24) is 14.8 Å². The van der Waals surface area contributed by atoms with E-state index in [1.54, 1.807) is 37.5 Å². The first-order chi connectivity index (χ1) is 10.6. The van der Waals surface area contributed by atoms with Crippen LogP contribution in [-0.2, 0) is 7.05 Å². The lowest BCUT2D eigenvalue weighted by molar-refractivity contribution is 0.101. The minimum atomic E-state index is -0.562. The minimum Gasteiger partial charge on any atom is -0.305 e. The van der Waals surface area contributed by atoms with E-state index in [-0.39, 0.29) is 11.1 Å². The number of anilines is 1. The van der Waals surface area contributed by atoms with Crippen LogP contribution in [0.5, 0.6) is 0 Å². The number of aryl methyl sites for hydroxylation is 2. The predicted molar refractivity (Wildman–Crippen MR) is 83.9 cm³/mol. The lowest BCUT2D eigenvalue weighted by atomic mass is 10.2. The molecule has 0 aliphatic heterocycles. The van der Waals surface area contributed by atoms with Gasteiger partial charge in [0, 0.05) is 18.6 Å². The van der Waals surface area contributed by atoms with Crippen molar-refractivity contribution in [2.24, 2.45) is 7.05 Å². The number of carbonyl (C=O) groups excluding carboxylic acids is 1. The highest BCUT2D eigenvalue weighted by atomic mass is 16.2. The zero-order valence-electron chi connectivity index (χ0n) is 12.2. The maximum atomic E-state index is 12.4. The fraction of sp³-hybridized carbons (Fsp3) is 0.125. The van der Waals surface area contributed by atoms with Crippen LogP contribution in [0.15, 0.2) is 47.4 Å². The Kier molecular flexibility index (Phi) is 3.42. The predicted octanol–water partition coefficient (Wildman–Crippen LogP) is 1.89. The topological polar surface area (TPSA) is 76.9 Å². The Morgan fingerprint density at radius 3 is 2.73 bits per heavy atom. The van der Waals surface area contributed by atoms with E-state index in [0.717, 1.165) is 5.56 Å². The maximum absolute atomic E-state index is 12.4. The molecule has 1 amide bonds. The molecule has 0 radical (unpaired) electrons. The maximum Gasteiger partial charge on any atom is 0.281 e. The molecule has 2 heterocycles. The standard InChI is InChI=1S/C16H14N4O2/c1-10-6-5-9-17-15(10)18-16(22)13-14(21)11-7-3-4-8-12(11)20(2)19-13/h3-9H,1-2H3,(H,17,18,22). The highest BCUT2D eigenvalue weighted by molar-refractivity contribution is 6.04. The molecule has 3 aromatic rings. The van der Waals surface area contributed by atoms with Gasteiger partial charge in [0.05, 0.1) is 5.52 Å². The van der Waals surface area contributed by atoms with Gasteiger partial charge >= 0.3 is 0 Å². The highest BCUT2D eigenvalue weighted by Crippen LogP contribution is 2.11. The number of pyridine rings is 1. The molecule has 110 valence electrons. The van der Waals surface area contributed by atoms with E-state index in [9.17, 15) is 9.59 Å². The zero-order valence-corrected chi connectivity index (χ0v) is 12.2. The van der Waals surface area contributed by atoms with Crippen molar-refractivity contribution in [1.29, 1.82) is 0 Å². The minimum absolute atomic E-state index is 0.147. The number of carbonyl (C=O) groups is 1. The number of amides is 1. The molecule has 0 aliphatic rings. The van der Waals surface area contributed by atoms with Crippen molar-refractivity contribution >= 4 is 22.6 Å². The van der Waals surface area contributed by atoms with Crippen LogP contribution in [0.25, 0.3) is 10.9 Å². The Morgan fingerprint density at radius 2 is 1.95 bits per heavy atom. The third-order valence-corrected chi connectivity index (χ3v) is 3.42. The van der Waals surface area contributed by atoms with Crippen LogP contribution in [0.2, 0.25) is 0 Å². The average molecular weight is 294 g/mol. The molecule has 6 heteroatoms. The molecule has 3 rings (SSSR count). The highest BCUT2D eigenvalue weighted by Gasteiger charge is 2.17. The van der Waals surface area contributed by atoms with Gasteiger partial charge in [-0.3, -0.25) is 14.3 Å². The Bertz CT molecular complexity index is 931. The number of benzene rings is 1. The van der Waals surface area contributed by atoms with E-state index in [0.29, 0.717) is 16.7 Å². The van der Waals surface area contributed by atoms with Crippen LogP contribution >= 0.6 is 0 Å². The van der Waals surface area contributed by atoms with Crippen LogP contribution in [0, 0.1) is 6.92 Å². The first-order valence-corrected chi connectivity index (χ1v) is 6.77. The molecule has 0 saturated heterocycles. The number of nitrogens with one attached hydrogen (secondary N) is 1. The summed E-state index contributed by atoms with van der Waals surface area (Å²) in [5.41, 5.74) is 0.956. The molecule has 1 aromatic carbocycles. The molecule has 0 fully saturated rings. The number of hydrogen-bond donors (Lipinski definition) is 1. The van der Waals surface area contributed by atoms with E-state index >= 15 is 0 Å². The van der Waals surface area contributed by atoms with E-state index in [4.69, 9.17) is 0 Å². The molecular formula is C16H14N4O2. The normalized spacial score (nSPS) is 10.6. The van der Waals surface area contributed by atoms with Gasteiger partial charge < -0.3 is 5.32 Å². The van der Waals surface area contributed by atoms with Crippen molar-refractivity contribution in [2.45, 2.75) is 6.92 Å². The summed E-state index contributed by atoms with van der Waals surface area (Å²) < 4.78 is 1.52. The summed E-state index contributed by atoms with van der Waals surface area (Å²) >= 11 is 0. The SMILES string of the molecule is Cc1cccnc1NC(=O)c1nn(C)c2ccccc2c1=O. The van der Waals surface area contributed by atoms with Gasteiger partial charge in [-0.15, -0.1) is 0 Å². The number of hydrogen-bond acceptors (Lipinski definition) is 4. The van der Waals surface area contributed by atoms with Gasteiger partial charge in [0.25, 0.3) is 5.91 Å². The smallest absolute Gasteiger partial charge is 0.281 e. The third kappa shape index (κ3) is 2.35. The number of rotatable bonds is 2. The van der Waals surface area contributed by atoms with E-state index in [1.807, 2.05) is 19.1 Å². The second-order valence-electron chi connectivity index (χ2n) is 4.94. The van der Waals surface area contributed by atoms with E-state index in [1.165, 1.54) is 4.68 Å². The summed E-state index contributed by atoms with van der Waals surface area (Å²) in [5, 5.41) is 7.19. The summed E-state index contributed by atoms with van der Waals surface area (Å²) in [7, 11) is 1.70. The van der Waals surface area contributed by atoms with Crippen molar-refractivity contribution < 1.29 is 4.79 Å². The van der Waals surface area contributed by atoms with Crippen molar-refractivity contribution in [3.63, 3.8) is 0 Å². The van der Waals surface area contributed by atoms with Crippen molar-refractivity contribution in [2.75, 3.05) is 5.32 Å². The summed E-state index contributed by atoms with van der Waals surface area (Å²) in [6.07, 6.45) is 1.58. The van der Waals surface area contributed by atoms with Crippen molar-refractivity contribution in [3.05, 3.63) is 64.1 Å². The quantitative estimate of drug-likeness (QED) is 0.783. The summed E-state index contributed by atoms with van der Waals surface area (Å²) in [6, 6.07) is 10.7. The second-order valence-corrected chi connectivity index (χ2v) is 4.94. The first kappa shape index (κ1) is 13.9. The molecule has 0 spiro atoms. The number of para-hydroxylation sites is 1. The van der Waals surface area contributed by atoms with Crippen LogP contribution in [0.1, 0.15) is 16.1 Å². The lowest BCUT2D eigenvalue weighted by Crippen LogP contribution is -2.27. The van der Waals surface area contributed by atoms with Crippen LogP contribution in [0.4, 0.5) is 5.82 Å². The second kappa shape index (κ2) is 5.40. The molecule has 22 heavy (non-hydrogen) atoms. The average Bonchev–Trinajstić information content (AvgIpc) is 2.53. The summed E-state index contributed by atoms with van der Waals surface area (Å²) in [4.78, 5) is 28.9. The molecule has 0 atom stereocenters. The van der Waals surface area contributed by atoms with Crippen LogP contribution < -0.4 is 10.7 Å². The fourth-order valence-electron chi connectivity index (χ4n) is 2.26. The fourth-order valence-corrected chi connectivity index (χ4v) is 2.26. The molecule has 6 nitrogen and oxygen atoms in total. The monoisotopic (exact) mass is 294 g/mol.